The van der Waals surface area contributed by atoms with Gasteiger partial charge in [0.15, 0.2) is 0 Å². The molecule has 7 nitrogen and oxygen atoms in total. The molecule has 0 bridgehead atoms. The number of aromatic amines is 1. The predicted molar refractivity (Wildman–Crippen MR) is 123 cm³/mol. The Morgan fingerprint density at radius 3 is 2.50 bits per heavy atom. The van der Waals surface area contributed by atoms with E-state index in [0.29, 0.717) is 43.7 Å². The largest absolute Gasteiger partial charge is 0.343 e. The Balaban J connectivity index is 1.28. The van der Waals surface area contributed by atoms with Gasteiger partial charge in [0.1, 0.15) is 0 Å². The average Bonchev–Trinajstić information content (AvgIpc) is 2.84. The first-order valence-corrected chi connectivity index (χ1v) is 10.9. The summed E-state index contributed by atoms with van der Waals surface area (Å²) in [5, 5.41) is 9.43. The van der Waals surface area contributed by atoms with Crippen molar-refractivity contribution in [1.82, 2.24) is 15.1 Å². The van der Waals surface area contributed by atoms with Crippen LogP contribution in [0.3, 0.4) is 0 Å². The lowest BCUT2D eigenvalue weighted by molar-refractivity contribution is -0.134. The number of carbonyl (C=O) groups is 2. The highest BCUT2D eigenvalue weighted by atomic mass is 16.2. The predicted octanol–water partition coefficient (Wildman–Crippen LogP) is 3.25. The number of benzene rings is 2. The number of nitrogens with zero attached hydrogens (tertiary/aromatic N) is 2. The molecule has 2 amide bonds. The molecule has 0 unspecified atom stereocenters. The van der Waals surface area contributed by atoms with Gasteiger partial charge in [-0.15, -0.1) is 0 Å². The highest BCUT2D eigenvalue weighted by Gasteiger charge is 2.27. The molecular formula is C25H26N4O3. The molecule has 1 saturated heterocycles. The third kappa shape index (κ3) is 5.49. The number of H-pyrrole nitrogens is 1. The summed E-state index contributed by atoms with van der Waals surface area (Å²) in [5.41, 5.74) is 3.01. The number of amides is 2. The molecule has 0 radical (unpaired) electrons. The minimum atomic E-state index is -0.261. The van der Waals surface area contributed by atoms with E-state index in [1.54, 1.807) is 6.07 Å². The van der Waals surface area contributed by atoms with Gasteiger partial charge in [0, 0.05) is 42.7 Å². The number of aromatic nitrogens is 2. The van der Waals surface area contributed by atoms with Gasteiger partial charge in [-0.25, -0.2) is 5.10 Å². The number of piperidine rings is 1. The van der Waals surface area contributed by atoms with Crippen molar-refractivity contribution in [2.24, 2.45) is 5.92 Å². The number of aryl methyl sites for hydroxylation is 1. The van der Waals surface area contributed by atoms with E-state index in [4.69, 9.17) is 0 Å². The smallest absolute Gasteiger partial charge is 0.264 e. The van der Waals surface area contributed by atoms with Crippen molar-refractivity contribution >= 4 is 17.5 Å². The zero-order valence-corrected chi connectivity index (χ0v) is 17.8. The van der Waals surface area contributed by atoms with Crippen molar-refractivity contribution < 1.29 is 9.59 Å². The molecule has 1 fully saturated rings. The van der Waals surface area contributed by atoms with Crippen LogP contribution in [-0.2, 0) is 16.0 Å². The quantitative estimate of drug-likeness (QED) is 0.628. The summed E-state index contributed by atoms with van der Waals surface area (Å²) in [6.07, 6.45) is 2.54. The van der Waals surface area contributed by atoms with E-state index >= 15 is 0 Å². The summed E-state index contributed by atoms with van der Waals surface area (Å²) in [7, 11) is 0. The molecule has 0 aliphatic carbocycles. The number of hydrogen-bond acceptors (Lipinski definition) is 4. The maximum Gasteiger partial charge on any atom is 0.264 e. The maximum absolute atomic E-state index is 12.8. The third-order valence-electron chi connectivity index (χ3n) is 5.79. The van der Waals surface area contributed by atoms with Crippen LogP contribution in [0.15, 0.2) is 71.5 Å². The lowest BCUT2D eigenvalue weighted by atomic mass is 9.95. The highest BCUT2D eigenvalue weighted by Crippen LogP contribution is 2.23. The SMILES string of the molecule is O=C(Nc1cccc(-c2ccc(=O)[nH]n2)c1)C1CCN(C(=O)CCc2ccccc2)CC1. The Morgan fingerprint density at radius 2 is 1.78 bits per heavy atom. The molecule has 0 saturated carbocycles. The summed E-state index contributed by atoms with van der Waals surface area (Å²) < 4.78 is 0. The maximum atomic E-state index is 12.8. The van der Waals surface area contributed by atoms with Crippen LogP contribution in [0.1, 0.15) is 24.8 Å². The molecular weight excluding hydrogens is 404 g/mol. The van der Waals surface area contributed by atoms with Gasteiger partial charge < -0.3 is 10.2 Å². The van der Waals surface area contributed by atoms with Crippen molar-refractivity contribution in [3.8, 4) is 11.3 Å². The fourth-order valence-corrected chi connectivity index (χ4v) is 3.95. The number of nitrogens with one attached hydrogen (secondary N) is 2. The van der Waals surface area contributed by atoms with Crippen LogP contribution in [0.25, 0.3) is 11.3 Å². The average molecular weight is 431 g/mol. The molecule has 32 heavy (non-hydrogen) atoms. The first-order chi connectivity index (χ1) is 15.6. The van der Waals surface area contributed by atoms with E-state index in [0.717, 1.165) is 17.5 Å². The molecule has 2 N–H and O–H groups in total. The first-order valence-electron chi connectivity index (χ1n) is 10.9. The van der Waals surface area contributed by atoms with Crippen molar-refractivity contribution in [2.75, 3.05) is 18.4 Å². The van der Waals surface area contributed by atoms with Crippen LogP contribution in [0.5, 0.6) is 0 Å². The van der Waals surface area contributed by atoms with E-state index < -0.39 is 0 Å². The Kier molecular flexibility index (Phi) is 6.75. The third-order valence-corrected chi connectivity index (χ3v) is 5.79. The summed E-state index contributed by atoms with van der Waals surface area (Å²) in [5.74, 6) is -0.00943. The monoisotopic (exact) mass is 430 g/mol. The minimum absolute atomic E-state index is 0.0343. The fourth-order valence-electron chi connectivity index (χ4n) is 3.95. The Bertz CT molecular complexity index is 1110. The second kappa shape index (κ2) is 10.0. The summed E-state index contributed by atoms with van der Waals surface area (Å²) in [6, 6.07) is 20.4. The number of anilines is 1. The number of rotatable bonds is 6. The summed E-state index contributed by atoms with van der Waals surface area (Å²) in [4.78, 5) is 38.4. The second-order valence-electron chi connectivity index (χ2n) is 8.02. The van der Waals surface area contributed by atoms with E-state index in [9.17, 15) is 14.4 Å². The summed E-state index contributed by atoms with van der Waals surface area (Å²) in [6.45, 7) is 1.21. The van der Waals surface area contributed by atoms with E-state index in [1.807, 2.05) is 59.5 Å². The van der Waals surface area contributed by atoms with Crippen LogP contribution in [-0.4, -0.2) is 40.0 Å². The number of hydrogen-bond donors (Lipinski definition) is 2. The zero-order valence-electron chi connectivity index (χ0n) is 17.8. The minimum Gasteiger partial charge on any atom is -0.343 e. The Hall–Kier alpha value is -3.74. The van der Waals surface area contributed by atoms with Gasteiger partial charge in [-0.3, -0.25) is 14.4 Å². The highest BCUT2D eigenvalue weighted by molar-refractivity contribution is 5.93. The van der Waals surface area contributed by atoms with Crippen molar-refractivity contribution in [3.05, 3.63) is 82.6 Å². The molecule has 1 aliphatic rings. The van der Waals surface area contributed by atoms with Gasteiger partial charge in [0.25, 0.3) is 5.56 Å². The molecule has 1 aromatic heterocycles. The van der Waals surface area contributed by atoms with Crippen LogP contribution < -0.4 is 10.9 Å². The Labute approximate surface area is 186 Å². The topological polar surface area (TPSA) is 95.2 Å². The van der Waals surface area contributed by atoms with Gasteiger partial charge in [-0.2, -0.15) is 5.10 Å². The molecule has 0 spiro atoms. The van der Waals surface area contributed by atoms with Gasteiger partial charge in [-0.1, -0.05) is 42.5 Å². The van der Waals surface area contributed by atoms with Crippen LogP contribution in [0.4, 0.5) is 5.69 Å². The van der Waals surface area contributed by atoms with Crippen molar-refractivity contribution in [2.45, 2.75) is 25.7 Å². The van der Waals surface area contributed by atoms with Crippen LogP contribution in [0, 0.1) is 5.92 Å². The van der Waals surface area contributed by atoms with E-state index in [-0.39, 0.29) is 23.3 Å². The van der Waals surface area contributed by atoms with Gasteiger partial charge in [0.05, 0.1) is 5.69 Å². The number of carbonyl (C=O) groups excluding carboxylic acids is 2. The second-order valence-corrected chi connectivity index (χ2v) is 8.02. The Morgan fingerprint density at radius 1 is 1.00 bits per heavy atom. The first kappa shape index (κ1) is 21.5. The van der Waals surface area contributed by atoms with Crippen molar-refractivity contribution in [1.29, 1.82) is 0 Å². The standard InChI is InChI=1S/C25H26N4O3/c30-23-11-10-22(27-28-23)20-7-4-8-21(17-20)26-25(32)19-13-15-29(16-14-19)24(31)12-9-18-5-2-1-3-6-18/h1-8,10-11,17,19H,9,12-16H2,(H,26,32)(H,28,30). The number of likely N-dealkylation sites (tertiary alicyclic amines) is 1. The van der Waals surface area contributed by atoms with E-state index in [1.165, 1.54) is 6.07 Å². The lowest BCUT2D eigenvalue weighted by Crippen LogP contribution is -2.41. The van der Waals surface area contributed by atoms with Crippen LogP contribution in [0.2, 0.25) is 0 Å². The lowest BCUT2D eigenvalue weighted by Gasteiger charge is -2.31. The van der Waals surface area contributed by atoms with E-state index in [2.05, 4.69) is 15.5 Å². The molecule has 3 aromatic rings. The van der Waals surface area contributed by atoms with Gasteiger partial charge in [-0.05, 0) is 43.0 Å². The molecule has 2 heterocycles. The fraction of sp³-hybridized carbons (Fsp3) is 0.280. The molecule has 4 rings (SSSR count). The normalized spacial score (nSPS) is 14.2. The van der Waals surface area contributed by atoms with Crippen LogP contribution >= 0.6 is 0 Å². The molecule has 0 atom stereocenters. The molecule has 2 aromatic carbocycles. The van der Waals surface area contributed by atoms with Crippen molar-refractivity contribution in [3.63, 3.8) is 0 Å². The summed E-state index contributed by atoms with van der Waals surface area (Å²) >= 11 is 0. The molecule has 1 aliphatic heterocycles. The molecule has 164 valence electrons. The van der Waals surface area contributed by atoms with Gasteiger partial charge >= 0.3 is 0 Å². The zero-order chi connectivity index (χ0) is 22.3. The molecule has 7 heteroatoms. The van der Waals surface area contributed by atoms with Gasteiger partial charge in [0.2, 0.25) is 11.8 Å².